The van der Waals surface area contributed by atoms with Gasteiger partial charge in [-0.2, -0.15) is 0 Å². The van der Waals surface area contributed by atoms with Gasteiger partial charge >= 0.3 is 0 Å². The molecular weight excluding hydrogens is 322 g/mol. The van der Waals surface area contributed by atoms with E-state index in [0.717, 1.165) is 29.9 Å². The third-order valence-electron chi connectivity index (χ3n) is 3.88. The van der Waals surface area contributed by atoms with Gasteiger partial charge in [-0.15, -0.1) is 5.10 Å². The third-order valence-corrected chi connectivity index (χ3v) is 3.88. The fourth-order valence-electron chi connectivity index (χ4n) is 2.48. The Morgan fingerprint density at radius 2 is 2.12 bits per heavy atom. The Balaban J connectivity index is 1.35. The van der Waals surface area contributed by atoms with Gasteiger partial charge in [-0.1, -0.05) is 5.16 Å². The molecular formula is C16H17N7O2. The number of hydrogen-bond acceptors (Lipinski definition) is 7. The van der Waals surface area contributed by atoms with Crippen LogP contribution in [0.1, 0.15) is 24.6 Å². The van der Waals surface area contributed by atoms with E-state index in [-0.39, 0.29) is 12.5 Å². The lowest BCUT2D eigenvalue weighted by Gasteiger charge is -2.07. The highest BCUT2D eigenvalue weighted by Gasteiger charge is 2.28. The molecule has 0 radical (unpaired) electrons. The number of nitrogens with one attached hydrogen (secondary N) is 2. The number of carbonyl (C=O) groups excluding carboxylic acids is 1. The minimum Gasteiger partial charge on any atom is -0.376 e. The fraction of sp³-hybridized carbons (Fsp3) is 0.312. The van der Waals surface area contributed by atoms with Crippen LogP contribution in [0.4, 0.5) is 11.5 Å². The van der Waals surface area contributed by atoms with Crippen LogP contribution >= 0.6 is 0 Å². The van der Waals surface area contributed by atoms with Crippen molar-refractivity contribution in [3.05, 3.63) is 36.1 Å². The van der Waals surface area contributed by atoms with Crippen LogP contribution in [-0.4, -0.2) is 37.8 Å². The first-order chi connectivity index (χ1) is 12.2. The molecule has 0 spiro atoms. The van der Waals surface area contributed by atoms with Crippen LogP contribution in [0.5, 0.6) is 0 Å². The van der Waals surface area contributed by atoms with E-state index in [4.69, 9.17) is 4.52 Å². The second-order valence-corrected chi connectivity index (χ2v) is 5.98. The summed E-state index contributed by atoms with van der Waals surface area (Å²) in [6.07, 6.45) is 2.25. The quantitative estimate of drug-likeness (QED) is 0.707. The summed E-state index contributed by atoms with van der Waals surface area (Å²) in [5.74, 6) is 1.63. The zero-order chi connectivity index (χ0) is 17.2. The maximum atomic E-state index is 11.9. The van der Waals surface area contributed by atoms with Crippen molar-refractivity contribution < 1.29 is 9.32 Å². The second kappa shape index (κ2) is 6.34. The molecule has 4 rings (SSSR count). The van der Waals surface area contributed by atoms with Crippen molar-refractivity contribution >= 4 is 17.4 Å². The van der Waals surface area contributed by atoms with Crippen LogP contribution in [0.15, 0.2) is 34.9 Å². The molecule has 0 aliphatic heterocycles. The highest BCUT2D eigenvalue weighted by molar-refractivity contribution is 5.92. The summed E-state index contributed by atoms with van der Waals surface area (Å²) in [6, 6.07) is 9.75. The topological polar surface area (TPSA) is 111 Å². The van der Waals surface area contributed by atoms with Gasteiger partial charge < -0.3 is 15.2 Å². The summed E-state index contributed by atoms with van der Waals surface area (Å²) in [7, 11) is 0. The monoisotopic (exact) mass is 339 g/mol. The van der Waals surface area contributed by atoms with Gasteiger partial charge in [-0.3, -0.25) is 4.79 Å². The normalized spacial score (nSPS) is 13.6. The molecule has 3 aromatic rings. The SMILES string of the molecule is Cc1cc(NC(=O)CNc2ccc(-c3nnnn3C3CC3)cc2)no1. The molecule has 2 N–H and O–H groups in total. The predicted molar refractivity (Wildman–Crippen MR) is 89.9 cm³/mol. The van der Waals surface area contributed by atoms with Crippen molar-refractivity contribution in [2.24, 2.45) is 0 Å². The lowest BCUT2D eigenvalue weighted by Crippen LogP contribution is -2.21. The average molecular weight is 339 g/mol. The minimum absolute atomic E-state index is 0.130. The van der Waals surface area contributed by atoms with Crippen LogP contribution in [0.25, 0.3) is 11.4 Å². The maximum absolute atomic E-state index is 11.9. The smallest absolute Gasteiger partial charge is 0.244 e. The van der Waals surface area contributed by atoms with Crippen molar-refractivity contribution in [2.45, 2.75) is 25.8 Å². The van der Waals surface area contributed by atoms with E-state index in [2.05, 4.69) is 31.3 Å². The minimum atomic E-state index is -0.199. The van der Waals surface area contributed by atoms with Gasteiger partial charge in [-0.25, -0.2) is 4.68 Å². The summed E-state index contributed by atoms with van der Waals surface area (Å²) in [5, 5.41) is 21.4. The number of nitrogens with zero attached hydrogens (tertiary/aromatic N) is 5. The number of hydrogen-bond donors (Lipinski definition) is 2. The van der Waals surface area contributed by atoms with Gasteiger partial charge in [0, 0.05) is 17.3 Å². The number of aromatic nitrogens is 5. The fourth-order valence-corrected chi connectivity index (χ4v) is 2.48. The highest BCUT2D eigenvalue weighted by Crippen LogP contribution is 2.36. The summed E-state index contributed by atoms with van der Waals surface area (Å²) >= 11 is 0. The molecule has 0 atom stereocenters. The average Bonchev–Trinajstić information content (AvgIpc) is 3.20. The first-order valence-electron chi connectivity index (χ1n) is 8.04. The Hall–Kier alpha value is -3.23. The Bertz CT molecular complexity index is 880. The van der Waals surface area contributed by atoms with Gasteiger partial charge in [-0.05, 0) is 54.5 Å². The Kier molecular flexibility index (Phi) is 3.88. The molecule has 9 heteroatoms. The number of aryl methyl sites for hydroxylation is 1. The molecule has 128 valence electrons. The molecule has 1 aliphatic rings. The Morgan fingerprint density at radius 3 is 2.80 bits per heavy atom. The van der Waals surface area contributed by atoms with Crippen molar-refractivity contribution in [3.63, 3.8) is 0 Å². The number of anilines is 2. The summed E-state index contributed by atoms with van der Waals surface area (Å²) < 4.78 is 6.78. The first kappa shape index (κ1) is 15.3. The van der Waals surface area contributed by atoms with E-state index >= 15 is 0 Å². The molecule has 0 bridgehead atoms. The summed E-state index contributed by atoms with van der Waals surface area (Å²) in [4.78, 5) is 11.9. The third kappa shape index (κ3) is 3.49. The molecule has 2 aromatic heterocycles. The molecule has 1 saturated carbocycles. The van der Waals surface area contributed by atoms with Gasteiger partial charge in [0.05, 0.1) is 12.6 Å². The second-order valence-electron chi connectivity index (χ2n) is 5.98. The molecule has 2 heterocycles. The predicted octanol–water partition coefficient (Wildman–Crippen LogP) is 2.02. The van der Waals surface area contributed by atoms with Crippen LogP contribution in [-0.2, 0) is 4.79 Å². The van der Waals surface area contributed by atoms with E-state index in [1.165, 1.54) is 0 Å². The first-order valence-corrected chi connectivity index (χ1v) is 8.04. The summed E-state index contributed by atoms with van der Waals surface area (Å²) in [5.41, 5.74) is 1.78. The number of carbonyl (C=O) groups is 1. The standard InChI is InChI=1S/C16H17N7O2/c1-10-8-14(20-25-10)18-15(24)9-17-12-4-2-11(3-5-12)16-19-21-22-23(16)13-6-7-13/h2-5,8,13,17H,6-7,9H2,1H3,(H,18,20,24). The number of tetrazole rings is 1. The zero-order valence-electron chi connectivity index (χ0n) is 13.6. The van der Waals surface area contributed by atoms with Crippen LogP contribution in [0.2, 0.25) is 0 Å². The molecule has 0 saturated heterocycles. The molecule has 25 heavy (non-hydrogen) atoms. The molecule has 9 nitrogen and oxygen atoms in total. The van der Waals surface area contributed by atoms with Crippen molar-refractivity contribution in [2.75, 3.05) is 17.2 Å². The van der Waals surface area contributed by atoms with Crippen LogP contribution in [0, 0.1) is 6.92 Å². The molecule has 0 unspecified atom stereocenters. The molecule has 1 aliphatic carbocycles. The highest BCUT2D eigenvalue weighted by atomic mass is 16.5. The maximum Gasteiger partial charge on any atom is 0.244 e. The lowest BCUT2D eigenvalue weighted by atomic mass is 10.2. The molecule has 1 aromatic carbocycles. The van der Waals surface area contributed by atoms with E-state index in [1.807, 2.05) is 28.9 Å². The van der Waals surface area contributed by atoms with Crippen LogP contribution < -0.4 is 10.6 Å². The van der Waals surface area contributed by atoms with Crippen molar-refractivity contribution in [1.82, 2.24) is 25.4 Å². The lowest BCUT2D eigenvalue weighted by molar-refractivity contribution is -0.114. The Labute approximate surface area is 143 Å². The number of benzene rings is 1. The van der Waals surface area contributed by atoms with Crippen LogP contribution in [0.3, 0.4) is 0 Å². The largest absolute Gasteiger partial charge is 0.376 e. The van der Waals surface area contributed by atoms with Gasteiger partial charge in [0.15, 0.2) is 11.6 Å². The van der Waals surface area contributed by atoms with E-state index < -0.39 is 0 Å². The van der Waals surface area contributed by atoms with E-state index in [9.17, 15) is 4.79 Å². The van der Waals surface area contributed by atoms with Gasteiger partial charge in [0.1, 0.15) is 5.76 Å². The number of amides is 1. The van der Waals surface area contributed by atoms with Gasteiger partial charge in [0.25, 0.3) is 0 Å². The number of rotatable bonds is 6. The molecule has 1 fully saturated rings. The van der Waals surface area contributed by atoms with E-state index in [0.29, 0.717) is 17.6 Å². The Morgan fingerprint density at radius 1 is 1.32 bits per heavy atom. The van der Waals surface area contributed by atoms with Crippen molar-refractivity contribution in [1.29, 1.82) is 0 Å². The van der Waals surface area contributed by atoms with E-state index in [1.54, 1.807) is 13.0 Å². The zero-order valence-corrected chi connectivity index (χ0v) is 13.6. The van der Waals surface area contributed by atoms with Crippen molar-refractivity contribution in [3.8, 4) is 11.4 Å². The van der Waals surface area contributed by atoms with Gasteiger partial charge in [0.2, 0.25) is 5.91 Å². The molecule has 1 amide bonds. The summed E-state index contributed by atoms with van der Waals surface area (Å²) in [6.45, 7) is 1.90.